The predicted molar refractivity (Wildman–Crippen MR) is 58.1 cm³/mol. The molecule has 0 aromatic carbocycles. The molecule has 2 atom stereocenters. The number of rotatable bonds is 1. The van der Waals surface area contributed by atoms with E-state index in [0.717, 1.165) is 11.6 Å². The molecule has 1 aliphatic heterocycles. The SMILES string of the molecule is CC(C)C1C[S+]([O-])CN1C(C)(C)C. The minimum Gasteiger partial charge on any atom is -0.615 e. The van der Waals surface area contributed by atoms with Gasteiger partial charge in [0, 0.05) is 5.54 Å². The second-order valence-electron chi connectivity index (χ2n) is 5.19. The van der Waals surface area contributed by atoms with E-state index in [4.69, 9.17) is 0 Å². The molecule has 13 heavy (non-hydrogen) atoms. The Balaban J connectivity index is 2.72. The number of hydrogen-bond donors (Lipinski definition) is 0. The third kappa shape index (κ3) is 2.61. The first-order chi connectivity index (χ1) is 5.82. The molecule has 0 amide bonds. The van der Waals surface area contributed by atoms with Crippen molar-refractivity contribution < 1.29 is 4.55 Å². The zero-order valence-electron chi connectivity index (χ0n) is 9.33. The minimum atomic E-state index is -0.624. The van der Waals surface area contributed by atoms with Crippen molar-refractivity contribution in [2.75, 3.05) is 11.6 Å². The lowest BCUT2D eigenvalue weighted by molar-refractivity contribution is 0.103. The van der Waals surface area contributed by atoms with Gasteiger partial charge in [-0.15, -0.1) is 0 Å². The molecule has 0 bridgehead atoms. The van der Waals surface area contributed by atoms with E-state index in [0.29, 0.717) is 12.0 Å². The van der Waals surface area contributed by atoms with E-state index in [1.807, 2.05) is 0 Å². The molecule has 3 heteroatoms. The van der Waals surface area contributed by atoms with Crippen LogP contribution in [0.5, 0.6) is 0 Å². The maximum absolute atomic E-state index is 11.5. The molecule has 0 aromatic rings. The summed E-state index contributed by atoms with van der Waals surface area (Å²) in [6.07, 6.45) is 0. The summed E-state index contributed by atoms with van der Waals surface area (Å²) in [6, 6.07) is 0.501. The summed E-state index contributed by atoms with van der Waals surface area (Å²) in [4.78, 5) is 2.38. The molecule has 0 aromatic heterocycles. The molecule has 1 fully saturated rings. The lowest BCUT2D eigenvalue weighted by Crippen LogP contribution is -2.47. The van der Waals surface area contributed by atoms with E-state index >= 15 is 0 Å². The number of nitrogens with zero attached hydrogens (tertiary/aromatic N) is 1. The molecule has 1 heterocycles. The normalized spacial score (nSPS) is 31.6. The summed E-state index contributed by atoms with van der Waals surface area (Å²) in [6.45, 7) is 11.0. The molecule has 1 rings (SSSR count). The molecule has 0 N–H and O–H groups in total. The van der Waals surface area contributed by atoms with Crippen LogP contribution in [0.2, 0.25) is 0 Å². The largest absolute Gasteiger partial charge is 0.615 e. The average Bonchev–Trinajstić information content (AvgIpc) is 2.29. The maximum atomic E-state index is 11.5. The van der Waals surface area contributed by atoms with Gasteiger partial charge in [0.15, 0.2) is 5.88 Å². The lowest BCUT2D eigenvalue weighted by Gasteiger charge is -2.35. The molecular weight excluding hydrogens is 182 g/mol. The summed E-state index contributed by atoms with van der Waals surface area (Å²) in [5.41, 5.74) is 0.154. The summed E-state index contributed by atoms with van der Waals surface area (Å²) in [5, 5.41) is 0. The Morgan fingerprint density at radius 3 is 2.23 bits per heavy atom. The van der Waals surface area contributed by atoms with Gasteiger partial charge in [0.1, 0.15) is 5.75 Å². The van der Waals surface area contributed by atoms with Crippen molar-refractivity contribution in [1.82, 2.24) is 4.90 Å². The highest BCUT2D eigenvalue weighted by atomic mass is 32.2. The van der Waals surface area contributed by atoms with Crippen LogP contribution >= 0.6 is 0 Å². The second kappa shape index (κ2) is 3.79. The molecule has 0 saturated carbocycles. The summed E-state index contributed by atoms with van der Waals surface area (Å²) >= 11 is -0.624. The van der Waals surface area contributed by atoms with E-state index in [1.54, 1.807) is 0 Å². The van der Waals surface area contributed by atoms with Crippen LogP contribution in [-0.2, 0) is 11.2 Å². The van der Waals surface area contributed by atoms with Gasteiger partial charge in [0.25, 0.3) is 0 Å². The van der Waals surface area contributed by atoms with Crippen LogP contribution in [0.1, 0.15) is 34.6 Å². The van der Waals surface area contributed by atoms with E-state index in [-0.39, 0.29) is 5.54 Å². The van der Waals surface area contributed by atoms with Crippen LogP contribution in [-0.4, -0.2) is 32.7 Å². The molecule has 1 aliphatic rings. The Morgan fingerprint density at radius 2 is 1.92 bits per heavy atom. The first kappa shape index (κ1) is 11.3. The molecule has 2 unspecified atom stereocenters. The third-order valence-corrected chi connectivity index (χ3v) is 3.95. The fraction of sp³-hybridized carbons (Fsp3) is 1.00. The van der Waals surface area contributed by atoms with Gasteiger partial charge in [-0.2, -0.15) is 0 Å². The Labute approximate surface area is 84.9 Å². The summed E-state index contributed by atoms with van der Waals surface area (Å²) in [5.74, 6) is 2.21. The highest BCUT2D eigenvalue weighted by Crippen LogP contribution is 2.29. The maximum Gasteiger partial charge on any atom is 0.160 e. The van der Waals surface area contributed by atoms with Crippen LogP contribution in [0.4, 0.5) is 0 Å². The van der Waals surface area contributed by atoms with Crippen LogP contribution in [0, 0.1) is 5.92 Å². The highest BCUT2D eigenvalue weighted by Gasteiger charge is 2.41. The lowest BCUT2D eigenvalue weighted by atomic mass is 9.98. The molecular formula is C10H21NOS. The molecule has 0 spiro atoms. The van der Waals surface area contributed by atoms with Crippen molar-refractivity contribution in [2.45, 2.75) is 46.2 Å². The fourth-order valence-corrected chi connectivity index (χ4v) is 3.77. The summed E-state index contributed by atoms with van der Waals surface area (Å²) < 4.78 is 11.5. The third-order valence-electron chi connectivity index (χ3n) is 2.67. The Hall–Kier alpha value is 0.270. The van der Waals surface area contributed by atoms with Gasteiger partial charge in [-0.25, -0.2) is 4.90 Å². The van der Waals surface area contributed by atoms with Gasteiger partial charge >= 0.3 is 0 Å². The van der Waals surface area contributed by atoms with Gasteiger partial charge < -0.3 is 4.55 Å². The zero-order chi connectivity index (χ0) is 10.2. The summed E-state index contributed by atoms with van der Waals surface area (Å²) in [7, 11) is 0. The zero-order valence-corrected chi connectivity index (χ0v) is 10.1. The first-order valence-corrected chi connectivity index (χ1v) is 6.43. The van der Waals surface area contributed by atoms with Crippen molar-refractivity contribution >= 4 is 11.2 Å². The highest BCUT2D eigenvalue weighted by molar-refractivity contribution is 7.91. The second-order valence-corrected chi connectivity index (χ2v) is 6.66. The molecule has 78 valence electrons. The van der Waals surface area contributed by atoms with Crippen LogP contribution in [0.3, 0.4) is 0 Å². The van der Waals surface area contributed by atoms with Gasteiger partial charge in [-0.05, 0) is 37.9 Å². The standard InChI is InChI=1S/C10H21NOS/c1-8(2)9-6-13(12)7-11(9)10(3,4)5/h8-9H,6-7H2,1-5H3. The van der Waals surface area contributed by atoms with E-state index in [9.17, 15) is 4.55 Å². The monoisotopic (exact) mass is 203 g/mol. The quantitative estimate of drug-likeness (QED) is 0.608. The Morgan fingerprint density at radius 1 is 1.38 bits per heavy atom. The fourth-order valence-electron chi connectivity index (χ4n) is 1.83. The topological polar surface area (TPSA) is 26.3 Å². The van der Waals surface area contributed by atoms with Crippen LogP contribution < -0.4 is 0 Å². The van der Waals surface area contributed by atoms with Crippen molar-refractivity contribution in [1.29, 1.82) is 0 Å². The van der Waals surface area contributed by atoms with E-state index in [1.165, 1.54) is 0 Å². The molecule has 1 saturated heterocycles. The van der Waals surface area contributed by atoms with Crippen molar-refractivity contribution in [3.8, 4) is 0 Å². The smallest absolute Gasteiger partial charge is 0.160 e. The number of hydrogen-bond acceptors (Lipinski definition) is 2. The van der Waals surface area contributed by atoms with Crippen molar-refractivity contribution in [2.24, 2.45) is 5.92 Å². The molecule has 0 radical (unpaired) electrons. The Bertz CT molecular complexity index is 176. The Kier molecular flexibility index (Phi) is 3.31. The van der Waals surface area contributed by atoms with Crippen molar-refractivity contribution in [3.63, 3.8) is 0 Å². The minimum absolute atomic E-state index is 0.154. The molecule has 0 aliphatic carbocycles. The van der Waals surface area contributed by atoms with Gasteiger partial charge in [-0.3, -0.25) is 0 Å². The average molecular weight is 203 g/mol. The van der Waals surface area contributed by atoms with Gasteiger partial charge in [-0.1, -0.05) is 13.8 Å². The van der Waals surface area contributed by atoms with Crippen LogP contribution in [0.15, 0.2) is 0 Å². The van der Waals surface area contributed by atoms with E-state index in [2.05, 4.69) is 39.5 Å². The predicted octanol–water partition coefficient (Wildman–Crippen LogP) is 1.83. The van der Waals surface area contributed by atoms with Gasteiger partial charge in [0.05, 0.1) is 6.04 Å². The van der Waals surface area contributed by atoms with Crippen molar-refractivity contribution in [3.05, 3.63) is 0 Å². The van der Waals surface area contributed by atoms with Gasteiger partial charge in [0.2, 0.25) is 0 Å². The first-order valence-electron chi connectivity index (χ1n) is 4.94. The molecule has 2 nitrogen and oxygen atoms in total. The van der Waals surface area contributed by atoms with E-state index < -0.39 is 11.2 Å². The van der Waals surface area contributed by atoms with Crippen LogP contribution in [0.25, 0.3) is 0 Å².